The zero-order chi connectivity index (χ0) is 21.3. The Morgan fingerprint density at radius 1 is 1.13 bits per heavy atom. The first-order chi connectivity index (χ1) is 14.4. The Morgan fingerprint density at radius 3 is 2.43 bits per heavy atom. The summed E-state index contributed by atoms with van der Waals surface area (Å²) in [5.74, 6) is -0.971. The summed E-state index contributed by atoms with van der Waals surface area (Å²) in [6.07, 6.45) is 3.65. The van der Waals surface area contributed by atoms with Crippen molar-refractivity contribution in [2.24, 2.45) is 5.73 Å². The lowest BCUT2D eigenvalue weighted by atomic mass is 9.68. The summed E-state index contributed by atoms with van der Waals surface area (Å²) in [5.41, 5.74) is 8.25. The number of anilines is 1. The smallest absolute Gasteiger partial charge is 0.335 e. The maximum absolute atomic E-state index is 13.1. The maximum atomic E-state index is 13.1. The molecule has 1 aliphatic carbocycles. The molecule has 3 N–H and O–H groups in total. The van der Waals surface area contributed by atoms with Crippen molar-refractivity contribution in [3.63, 3.8) is 0 Å². The number of urea groups is 1. The van der Waals surface area contributed by atoms with Gasteiger partial charge < -0.3 is 15.7 Å². The molecule has 2 aromatic rings. The number of aromatic carboxylic acids is 1. The third kappa shape index (κ3) is 3.77. The fourth-order valence-electron chi connectivity index (χ4n) is 4.81. The molecule has 2 aromatic carbocycles. The van der Waals surface area contributed by atoms with Crippen molar-refractivity contribution in [3.8, 4) is 0 Å². The number of carbonyl (C=O) groups is 2. The monoisotopic (exact) mass is 427 g/mol. The molecule has 158 valence electrons. The van der Waals surface area contributed by atoms with E-state index in [1.807, 2.05) is 23.1 Å². The van der Waals surface area contributed by atoms with Gasteiger partial charge in [-0.15, -0.1) is 0 Å². The van der Waals surface area contributed by atoms with Gasteiger partial charge in [0.25, 0.3) is 0 Å². The van der Waals surface area contributed by atoms with E-state index in [9.17, 15) is 9.59 Å². The van der Waals surface area contributed by atoms with Gasteiger partial charge in [0, 0.05) is 41.8 Å². The highest BCUT2D eigenvalue weighted by molar-refractivity contribution is 6.30. The Labute approximate surface area is 181 Å². The lowest BCUT2D eigenvalue weighted by Crippen LogP contribution is -2.46. The van der Waals surface area contributed by atoms with Crippen molar-refractivity contribution in [2.75, 3.05) is 24.5 Å². The number of halogens is 1. The largest absolute Gasteiger partial charge is 0.478 e. The molecule has 30 heavy (non-hydrogen) atoms. The summed E-state index contributed by atoms with van der Waals surface area (Å²) in [5, 5.41) is 9.78. The van der Waals surface area contributed by atoms with Gasteiger partial charge >= 0.3 is 12.0 Å². The average molecular weight is 428 g/mol. The number of hydrogen-bond donors (Lipinski definition) is 2. The lowest BCUT2D eigenvalue weighted by Gasteiger charge is -2.42. The molecule has 0 unspecified atom stereocenters. The predicted octanol–water partition coefficient (Wildman–Crippen LogP) is 4.12. The van der Waals surface area contributed by atoms with Crippen molar-refractivity contribution in [1.29, 1.82) is 0 Å². The van der Waals surface area contributed by atoms with Gasteiger partial charge in [-0.05, 0) is 67.6 Å². The van der Waals surface area contributed by atoms with Gasteiger partial charge in [0.2, 0.25) is 0 Å². The fourth-order valence-corrected chi connectivity index (χ4v) is 5.00. The van der Waals surface area contributed by atoms with Crippen LogP contribution in [0.5, 0.6) is 0 Å². The molecule has 0 atom stereocenters. The summed E-state index contributed by atoms with van der Waals surface area (Å²) in [4.78, 5) is 27.8. The summed E-state index contributed by atoms with van der Waals surface area (Å²) < 4.78 is 0. The van der Waals surface area contributed by atoms with E-state index in [4.69, 9.17) is 22.4 Å². The summed E-state index contributed by atoms with van der Waals surface area (Å²) in [7, 11) is 0. The van der Waals surface area contributed by atoms with Crippen LogP contribution in [0.4, 0.5) is 10.5 Å². The quantitative estimate of drug-likeness (QED) is 0.751. The van der Waals surface area contributed by atoms with E-state index in [1.54, 1.807) is 17.0 Å². The van der Waals surface area contributed by atoms with Crippen LogP contribution < -0.4 is 10.6 Å². The molecular formula is C23H26ClN3O3. The van der Waals surface area contributed by atoms with E-state index in [1.165, 1.54) is 17.7 Å². The second-order valence-corrected chi connectivity index (χ2v) is 8.64. The molecule has 0 radical (unpaired) electrons. The molecule has 7 heteroatoms. The van der Waals surface area contributed by atoms with Gasteiger partial charge in [0.15, 0.2) is 0 Å². The van der Waals surface area contributed by atoms with Crippen molar-refractivity contribution < 1.29 is 14.7 Å². The molecular weight excluding hydrogens is 402 g/mol. The third-order valence-corrected chi connectivity index (χ3v) is 6.88. The topological polar surface area (TPSA) is 86.9 Å². The second-order valence-electron chi connectivity index (χ2n) is 8.21. The highest BCUT2D eigenvalue weighted by Gasteiger charge is 2.41. The van der Waals surface area contributed by atoms with E-state index in [2.05, 4.69) is 6.07 Å². The standard InChI is InChI=1S/C23H26ClN3O3/c24-18-3-1-2-17(14-18)23(15-25)10-8-20(9-11-23)27-13-12-26(22(27)30)19-6-4-16(5-7-19)21(28)29/h1-7,14,20H,8-13,15,25H2,(H,28,29). The van der Waals surface area contributed by atoms with Gasteiger partial charge in [0.1, 0.15) is 0 Å². The molecule has 1 aliphatic heterocycles. The molecule has 2 aliphatic rings. The normalized spacial score (nSPS) is 24.3. The maximum Gasteiger partial charge on any atom is 0.335 e. The van der Waals surface area contributed by atoms with Crippen LogP contribution in [-0.4, -0.2) is 47.7 Å². The minimum Gasteiger partial charge on any atom is -0.478 e. The number of hydrogen-bond acceptors (Lipinski definition) is 3. The van der Waals surface area contributed by atoms with Crippen molar-refractivity contribution in [1.82, 2.24) is 4.90 Å². The number of rotatable bonds is 5. The molecule has 1 saturated carbocycles. The Hall–Kier alpha value is -2.57. The van der Waals surface area contributed by atoms with Crippen LogP contribution >= 0.6 is 11.6 Å². The van der Waals surface area contributed by atoms with Gasteiger partial charge in [-0.25, -0.2) is 9.59 Å². The first kappa shape index (κ1) is 20.7. The van der Waals surface area contributed by atoms with Crippen LogP contribution in [0.15, 0.2) is 48.5 Å². The average Bonchev–Trinajstić information content (AvgIpc) is 3.15. The Morgan fingerprint density at radius 2 is 1.83 bits per heavy atom. The molecule has 1 heterocycles. The minimum absolute atomic E-state index is 0.00826. The first-order valence-corrected chi connectivity index (χ1v) is 10.7. The number of amides is 2. The highest BCUT2D eigenvalue weighted by atomic mass is 35.5. The number of nitrogens with zero attached hydrogens (tertiary/aromatic N) is 2. The number of nitrogens with two attached hydrogens (primary N) is 1. The van der Waals surface area contributed by atoms with Crippen LogP contribution in [0, 0.1) is 0 Å². The number of carboxylic acid groups (broad SMARTS) is 1. The summed E-state index contributed by atoms with van der Waals surface area (Å²) >= 11 is 6.20. The van der Waals surface area contributed by atoms with E-state index in [-0.39, 0.29) is 23.1 Å². The fraction of sp³-hybridized carbons (Fsp3) is 0.391. The number of carbonyl (C=O) groups excluding carboxylic acids is 1. The van der Waals surface area contributed by atoms with Crippen LogP contribution in [0.25, 0.3) is 0 Å². The van der Waals surface area contributed by atoms with E-state index in [0.717, 1.165) is 36.4 Å². The summed E-state index contributed by atoms with van der Waals surface area (Å²) in [6.45, 7) is 1.85. The zero-order valence-corrected chi connectivity index (χ0v) is 17.5. The van der Waals surface area contributed by atoms with E-state index in [0.29, 0.717) is 19.6 Å². The van der Waals surface area contributed by atoms with Crippen LogP contribution in [0.2, 0.25) is 5.02 Å². The lowest BCUT2D eigenvalue weighted by molar-refractivity contribution is 0.0697. The minimum atomic E-state index is -0.971. The number of benzene rings is 2. The van der Waals surface area contributed by atoms with Crippen molar-refractivity contribution in [3.05, 3.63) is 64.7 Å². The van der Waals surface area contributed by atoms with Crippen molar-refractivity contribution >= 4 is 29.3 Å². The SMILES string of the molecule is NCC1(c2cccc(Cl)c2)CCC(N2CCN(c3ccc(C(=O)O)cc3)C2=O)CC1. The Balaban J connectivity index is 1.44. The molecule has 1 saturated heterocycles. The number of carboxylic acids is 1. The third-order valence-electron chi connectivity index (χ3n) is 6.65. The van der Waals surface area contributed by atoms with E-state index < -0.39 is 5.97 Å². The predicted molar refractivity (Wildman–Crippen MR) is 117 cm³/mol. The van der Waals surface area contributed by atoms with Gasteiger partial charge in [-0.1, -0.05) is 23.7 Å². The second kappa shape index (κ2) is 8.28. The van der Waals surface area contributed by atoms with Gasteiger partial charge in [-0.2, -0.15) is 0 Å². The van der Waals surface area contributed by atoms with Gasteiger partial charge in [-0.3, -0.25) is 4.90 Å². The Kier molecular flexibility index (Phi) is 5.71. The molecule has 6 nitrogen and oxygen atoms in total. The van der Waals surface area contributed by atoms with E-state index >= 15 is 0 Å². The molecule has 4 rings (SSSR count). The Bertz CT molecular complexity index is 939. The summed E-state index contributed by atoms with van der Waals surface area (Å²) in [6, 6.07) is 14.6. The van der Waals surface area contributed by atoms with Gasteiger partial charge in [0.05, 0.1) is 5.56 Å². The molecule has 2 fully saturated rings. The van der Waals surface area contributed by atoms with Crippen LogP contribution in [-0.2, 0) is 5.41 Å². The zero-order valence-electron chi connectivity index (χ0n) is 16.8. The van der Waals surface area contributed by atoms with Crippen LogP contribution in [0.3, 0.4) is 0 Å². The molecule has 2 amide bonds. The van der Waals surface area contributed by atoms with Crippen LogP contribution in [0.1, 0.15) is 41.6 Å². The first-order valence-electron chi connectivity index (χ1n) is 10.3. The van der Waals surface area contributed by atoms with Crippen molar-refractivity contribution in [2.45, 2.75) is 37.1 Å². The molecule has 0 spiro atoms. The highest BCUT2D eigenvalue weighted by Crippen LogP contribution is 2.41. The molecule has 0 bridgehead atoms. The molecule has 0 aromatic heterocycles.